The molecule has 1 aromatic heterocycles. The highest BCUT2D eigenvalue weighted by Crippen LogP contribution is 2.34. The van der Waals surface area contributed by atoms with Crippen LogP contribution >= 0.6 is 11.3 Å². The Hall–Kier alpha value is -3.91. The van der Waals surface area contributed by atoms with Crippen molar-refractivity contribution < 1.29 is 19.5 Å². The van der Waals surface area contributed by atoms with Crippen LogP contribution < -0.4 is 16.4 Å². The Labute approximate surface area is 170 Å². The highest BCUT2D eigenvalue weighted by atomic mass is 32.1. The normalized spacial score (nSPS) is 10.2. The zero-order valence-electron chi connectivity index (χ0n) is 15.1. The average molecular weight is 407 g/mol. The maximum absolute atomic E-state index is 12.6. The third-order valence-corrected chi connectivity index (χ3v) is 4.96. The Morgan fingerprint density at radius 3 is 2.31 bits per heavy atom. The van der Waals surface area contributed by atoms with Gasteiger partial charge in [0.1, 0.15) is 5.00 Å². The molecule has 2 aromatic carbocycles. The van der Waals surface area contributed by atoms with E-state index in [-0.39, 0.29) is 16.7 Å². The summed E-state index contributed by atoms with van der Waals surface area (Å²) in [6.07, 6.45) is 0. The molecule has 3 aromatic rings. The molecule has 0 saturated carbocycles. The Kier molecular flexibility index (Phi) is 5.75. The van der Waals surface area contributed by atoms with Gasteiger partial charge in [0.05, 0.1) is 16.8 Å². The van der Waals surface area contributed by atoms with Gasteiger partial charge in [-0.25, -0.2) is 9.59 Å². The van der Waals surface area contributed by atoms with Crippen LogP contribution in [0.5, 0.6) is 0 Å². The summed E-state index contributed by atoms with van der Waals surface area (Å²) in [5.41, 5.74) is 7.32. The van der Waals surface area contributed by atoms with E-state index in [2.05, 4.69) is 17.2 Å². The largest absolute Gasteiger partial charge is 0.478 e. The third-order valence-electron chi connectivity index (χ3n) is 4.13. The number of carboxylic acids is 1. The van der Waals surface area contributed by atoms with Crippen molar-refractivity contribution in [2.75, 3.05) is 10.6 Å². The number of carbonyl (C=O) groups excluding carboxylic acids is 2. The van der Waals surface area contributed by atoms with E-state index in [9.17, 15) is 19.5 Å². The van der Waals surface area contributed by atoms with Crippen molar-refractivity contribution in [3.05, 3.63) is 77.7 Å². The molecule has 7 nitrogen and oxygen atoms in total. The van der Waals surface area contributed by atoms with E-state index in [1.54, 1.807) is 23.6 Å². The van der Waals surface area contributed by atoms with E-state index in [0.717, 1.165) is 16.9 Å². The number of urea groups is 1. The zero-order valence-corrected chi connectivity index (χ0v) is 16.0. The van der Waals surface area contributed by atoms with Crippen molar-refractivity contribution in [1.82, 2.24) is 0 Å². The number of primary amides is 1. The number of anilines is 2. The minimum atomic E-state index is -1.20. The van der Waals surface area contributed by atoms with Gasteiger partial charge in [-0.1, -0.05) is 55.1 Å². The Bertz CT molecular complexity index is 1110. The first-order valence-electron chi connectivity index (χ1n) is 8.44. The molecule has 0 aliphatic rings. The molecule has 3 rings (SSSR count). The number of hydrogen-bond acceptors (Lipinski definition) is 4. The summed E-state index contributed by atoms with van der Waals surface area (Å²) in [7, 11) is 0. The highest BCUT2D eigenvalue weighted by molar-refractivity contribution is 7.14. The molecule has 1 heterocycles. The zero-order chi connectivity index (χ0) is 21.0. The van der Waals surface area contributed by atoms with Gasteiger partial charge in [-0.15, -0.1) is 11.3 Å². The number of amides is 3. The molecular weight excluding hydrogens is 390 g/mol. The molecule has 0 unspecified atom stereocenters. The summed E-state index contributed by atoms with van der Waals surface area (Å²) >= 11 is 1.15. The van der Waals surface area contributed by atoms with Gasteiger partial charge < -0.3 is 16.2 Å². The Morgan fingerprint density at radius 2 is 1.66 bits per heavy atom. The summed E-state index contributed by atoms with van der Waals surface area (Å²) in [6, 6.07) is 15.1. The fraction of sp³-hybridized carbons (Fsp3) is 0. The highest BCUT2D eigenvalue weighted by Gasteiger charge is 2.19. The smallest absolute Gasteiger partial charge is 0.335 e. The summed E-state index contributed by atoms with van der Waals surface area (Å²) in [4.78, 5) is 35.6. The van der Waals surface area contributed by atoms with Gasteiger partial charge in [0.2, 0.25) is 0 Å². The number of benzene rings is 2. The van der Waals surface area contributed by atoms with Gasteiger partial charge in [0.25, 0.3) is 5.91 Å². The van der Waals surface area contributed by atoms with Crippen molar-refractivity contribution in [2.45, 2.75) is 0 Å². The molecule has 29 heavy (non-hydrogen) atoms. The van der Waals surface area contributed by atoms with Gasteiger partial charge >= 0.3 is 12.0 Å². The fourth-order valence-electron chi connectivity index (χ4n) is 2.76. The average Bonchev–Trinajstić information content (AvgIpc) is 3.16. The van der Waals surface area contributed by atoms with Crippen molar-refractivity contribution in [1.29, 1.82) is 0 Å². The SMILES string of the molecule is C=C(C(=O)O)c1cccc(-c2ccccc2)c1NC(=O)Nc1sccc1C(N)=O. The van der Waals surface area contributed by atoms with Crippen LogP contribution in [0.15, 0.2) is 66.6 Å². The molecule has 146 valence electrons. The maximum atomic E-state index is 12.6. The molecule has 0 atom stereocenters. The first kappa shape index (κ1) is 19.8. The quantitative estimate of drug-likeness (QED) is 0.456. The van der Waals surface area contributed by atoms with Crippen LogP contribution in [0.4, 0.5) is 15.5 Å². The van der Waals surface area contributed by atoms with Gasteiger partial charge in [-0.05, 0) is 17.0 Å². The predicted octanol–water partition coefficient (Wildman–Crippen LogP) is 4.26. The van der Waals surface area contributed by atoms with Crippen molar-refractivity contribution in [3.63, 3.8) is 0 Å². The molecule has 0 saturated heterocycles. The molecule has 8 heteroatoms. The number of rotatable bonds is 6. The molecule has 0 bridgehead atoms. The van der Waals surface area contributed by atoms with E-state index >= 15 is 0 Å². The lowest BCUT2D eigenvalue weighted by Crippen LogP contribution is -2.22. The monoisotopic (exact) mass is 407 g/mol. The molecule has 0 radical (unpaired) electrons. The number of para-hydroxylation sites is 1. The second-order valence-corrected chi connectivity index (χ2v) is 6.90. The molecule has 0 aliphatic carbocycles. The summed E-state index contributed by atoms with van der Waals surface area (Å²) in [6.45, 7) is 3.61. The summed E-state index contributed by atoms with van der Waals surface area (Å²) in [5.74, 6) is -1.86. The number of aliphatic carboxylic acids is 1. The third kappa shape index (κ3) is 4.33. The van der Waals surface area contributed by atoms with E-state index in [1.807, 2.05) is 30.3 Å². The Balaban J connectivity index is 2.00. The summed E-state index contributed by atoms with van der Waals surface area (Å²) in [5, 5.41) is 16.6. The maximum Gasteiger partial charge on any atom is 0.335 e. The number of nitrogens with two attached hydrogens (primary N) is 1. The van der Waals surface area contributed by atoms with Crippen LogP contribution in [0.25, 0.3) is 16.7 Å². The molecule has 5 N–H and O–H groups in total. The van der Waals surface area contributed by atoms with Crippen LogP contribution in [-0.2, 0) is 4.79 Å². The summed E-state index contributed by atoms with van der Waals surface area (Å²) < 4.78 is 0. The van der Waals surface area contributed by atoms with Crippen LogP contribution in [0, 0.1) is 0 Å². The van der Waals surface area contributed by atoms with Crippen LogP contribution in [0.1, 0.15) is 15.9 Å². The standard InChI is InChI=1S/C21H17N3O4S/c1-12(20(26)27)14-8-5-9-15(13-6-3-2-4-7-13)17(14)23-21(28)24-19-16(18(22)25)10-11-29-19/h2-11H,1H2,(H2,22,25)(H,26,27)(H2,23,24,28). The van der Waals surface area contributed by atoms with E-state index in [4.69, 9.17) is 5.73 Å². The predicted molar refractivity (Wildman–Crippen MR) is 114 cm³/mol. The topological polar surface area (TPSA) is 122 Å². The van der Waals surface area contributed by atoms with E-state index in [1.165, 1.54) is 6.07 Å². The second kappa shape index (κ2) is 8.41. The van der Waals surface area contributed by atoms with Crippen LogP contribution in [-0.4, -0.2) is 23.0 Å². The Morgan fingerprint density at radius 1 is 0.931 bits per heavy atom. The molecule has 0 aliphatic heterocycles. The lowest BCUT2D eigenvalue weighted by Gasteiger charge is -2.17. The van der Waals surface area contributed by atoms with Gasteiger partial charge in [0.15, 0.2) is 0 Å². The number of carboxylic acid groups (broad SMARTS) is 1. The first-order chi connectivity index (χ1) is 13.9. The van der Waals surface area contributed by atoms with Crippen LogP contribution in [0.2, 0.25) is 0 Å². The van der Waals surface area contributed by atoms with Gasteiger partial charge in [-0.3, -0.25) is 10.1 Å². The van der Waals surface area contributed by atoms with E-state index < -0.39 is 17.9 Å². The molecule has 0 spiro atoms. The van der Waals surface area contributed by atoms with E-state index in [0.29, 0.717) is 16.3 Å². The van der Waals surface area contributed by atoms with Crippen molar-refractivity contribution in [3.8, 4) is 11.1 Å². The fourth-order valence-corrected chi connectivity index (χ4v) is 3.55. The lowest BCUT2D eigenvalue weighted by molar-refractivity contribution is -0.130. The minimum Gasteiger partial charge on any atom is -0.478 e. The van der Waals surface area contributed by atoms with Gasteiger partial charge in [0, 0.05) is 11.1 Å². The van der Waals surface area contributed by atoms with Crippen molar-refractivity contribution in [2.24, 2.45) is 5.73 Å². The van der Waals surface area contributed by atoms with Crippen molar-refractivity contribution >= 4 is 45.5 Å². The number of thiophene rings is 1. The second-order valence-electron chi connectivity index (χ2n) is 5.98. The molecule has 3 amide bonds. The number of carbonyl (C=O) groups is 3. The van der Waals surface area contributed by atoms with Gasteiger partial charge in [-0.2, -0.15) is 0 Å². The minimum absolute atomic E-state index is 0.160. The van der Waals surface area contributed by atoms with Crippen LogP contribution in [0.3, 0.4) is 0 Å². The lowest BCUT2D eigenvalue weighted by atomic mass is 9.96. The molecular formula is C21H17N3O4S. The first-order valence-corrected chi connectivity index (χ1v) is 9.32. The molecule has 0 fully saturated rings. The number of nitrogens with one attached hydrogen (secondary N) is 2. The number of hydrogen-bond donors (Lipinski definition) is 4.